The Bertz CT molecular complexity index is 948. The predicted molar refractivity (Wildman–Crippen MR) is 111 cm³/mol. The first-order chi connectivity index (χ1) is 14.1. The van der Waals surface area contributed by atoms with Crippen LogP contribution in [0.1, 0.15) is 16.1 Å². The Morgan fingerprint density at radius 1 is 1.03 bits per heavy atom. The number of carbonyl (C=O) groups excluding carboxylic acids is 1. The molecule has 0 aliphatic carbocycles. The van der Waals surface area contributed by atoms with Crippen LogP contribution >= 0.6 is 0 Å². The lowest BCUT2D eigenvalue weighted by molar-refractivity contribution is 0.102. The molecule has 0 radical (unpaired) electrons. The molecule has 29 heavy (non-hydrogen) atoms. The number of rotatable bonds is 8. The minimum absolute atomic E-state index is 0.228. The van der Waals surface area contributed by atoms with Crippen molar-refractivity contribution in [2.45, 2.75) is 6.42 Å². The number of hydrogen-bond acceptors (Lipinski definition) is 7. The lowest BCUT2D eigenvalue weighted by Crippen LogP contribution is -2.22. The van der Waals surface area contributed by atoms with Crippen LogP contribution in [-0.4, -0.2) is 48.7 Å². The summed E-state index contributed by atoms with van der Waals surface area (Å²) in [6.07, 6.45) is 7.48. The molecule has 0 bridgehead atoms. The number of aromatic nitrogens is 3. The summed E-state index contributed by atoms with van der Waals surface area (Å²) >= 11 is 0. The summed E-state index contributed by atoms with van der Waals surface area (Å²) in [7, 11) is 5.04. The van der Waals surface area contributed by atoms with Crippen LogP contribution in [-0.2, 0) is 6.42 Å². The van der Waals surface area contributed by atoms with Crippen LogP contribution < -0.4 is 19.7 Å². The van der Waals surface area contributed by atoms with Crippen LogP contribution in [0.4, 0.5) is 11.5 Å². The van der Waals surface area contributed by atoms with E-state index >= 15 is 0 Å². The minimum atomic E-state index is -0.351. The predicted octanol–water partition coefficient (Wildman–Crippen LogP) is 2.82. The Hall–Kier alpha value is -3.68. The van der Waals surface area contributed by atoms with Crippen LogP contribution in [0.15, 0.2) is 55.1 Å². The van der Waals surface area contributed by atoms with Crippen LogP contribution in [0.25, 0.3) is 0 Å². The fourth-order valence-electron chi connectivity index (χ4n) is 2.71. The van der Waals surface area contributed by atoms with E-state index in [9.17, 15) is 4.79 Å². The van der Waals surface area contributed by atoms with Gasteiger partial charge in [0.15, 0.2) is 11.5 Å². The second-order valence-electron chi connectivity index (χ2n) is 6.31. The zero-order chi connectivity index (χ0) is 20.6. The number of nitrogens with zero attached hydrogens (tertiary/aromatic N) is 4. The summed E-state index contributed by atoms with van der Waals surface area (Å²) in [5.41, 5.74) is 2.00. The number of ether oxygens (including phenoxy) is 2. The van der Waals surface area contributed by atoms with Gasteiger partial charge >= 0.3 is 0 Å². The molecule has 0 aliphatic heterocycles. The maximum Gasteiger partial charge on any atom is 0.275 e. The van der Waals surface area contributed by atoms with Crippen molar-refractivity contribution in [3.8, 4) is 11.5 Å². The van der Waals surface area contributed by atoms with Crippen LogP contribution in [0.2, 0.25) is 0 Å². The third-order valence-corrected chi connectivity index (χ3v) is 4.39. The molecule has 0 unspecified atom stereocenters. The van der Waals surface area contributed by atoms with E-state index in [-0.39, 0.29) is 11.6 Å². The zero-order valence-electron chi connectivity index (χ0n) is 16.6. The van der Waals surface area contributed by atoms with E-state index in [1.807, 2.05) is 24.1 Å². The summed E-state index contributed by atoms with van der Waals surface area (Å²) in [5, 5.41) is 2.78. The Kier molecular flexibility index (Phi) is 6.57. The van der Waals surface area contributed by atoms with Crippen molar-refractivity contribution in [3.05, 3.63) is 66.4 Å². The molecule has 0 aliphatic rings. The molecule has 0 saturated carbocycles. The molecule has 2 aromatic heterocycles. The van der Waals surface area contributed by atoms with Gasteiger partial charge in [-0.15, -0.1) is 0 Å². The molecule has 8 nitrogen and oxygen atoms in total. The van der Waals surface area contributed by atoms with Gasteiger partial charge in [-0.2, -0.15) is 0 Å². The number of amides is 1. The third kappa shape index (κ3) is 5.19. The molecule has 1 aromatic carbocycles. The van der Waals surface area contributed by atoms with Crippen molar-refractivity contribution in [1.29, 1.82) is 0 Å². The van der Waals surface area contributed by atoms with Crippen molar-refractivity contribution in [1.82, 2.24) is 15.0 Å². The van der Waals surface area contributed by atoms with E-state index in [1.54, 1.807) is 51.0 Å². The van der Waals surface area contributed by atoms with Gasteiger partial charge in [-0.3, -0.25) is 9.78 Å². The molecule has 2 heterocycles. The van der Waals surface area contributed by atoms with E-state index in [1.165, 1.54) is 11.8 Å². The molecule has 0 spiro atoms. The first kappa shape index (κ1) is 20.1. The molecule has 0 atom stereocenters. The zero-order valence-corrected chi connectivity index (χ0v) is 16.6. The highest BCUT2D eigenvalue weighted by Crippen LogP contribution is 2.29. The van der Waals surface area contributed by atoms with Gasteiger partial charge in [0, 0.05) is 37.7 Å². The van der Waals surface area contributed by atoms with Crippen molar-refractivity contribution in [3.63, 3.8) is 0 Å². The van der Waals surface area contributed by atoms with E-state index in [4.69, 9.17) is 9.47 Å². The molecular weight excluding hydrogens is 370 g/mol. The topological polar surface area (TPSA) is 89.5 Å². The number of benzene rings is 1. The molecule has 150 valence electrons. The lowest BCUT2D eigenvalue weighted by atomic mass is 10.2. The number of nitrogens with one attached hydrogen (secondary N) is 1. The standard InChI is InChI=1S/C21H23N5O3/c1-26(11-8-15-6-9-22-10-7-15)20-14-23-17(13-24-20)21(27)25-16-4-5-18(28-2)19(12-16)29-3/h4-7,9-10,12-14H,8,11H2,1-3H3,(H,25,27). The first-order valence-electron chi connectivity index (χ1n) is 9.06. The van der Waals surface area contributed by atoms with E-state index in [0.29, 0.717) is 23.0 Å². The van der Waals surface area contributed by atoms with Gasteiger partial charge in [0.1, 0.15) is 11.5 Å². The largest absolute Gasteiger partial charge is 0.493 e. The van der Waals surface area contributed by atoms with Crippen LogP contribution in [0.5, 0.6) is 11.5 Å². The van der Waals surface area contributed by atoms with Gasteiger partial charge in [-0.1, -0.05) is 0 Å². The lowest BCUT2D eigenvalue weighted by Gasteiger charge is -2.17. The second-order valence-corrected chi connectivity index (χ2v) is 6.31. The number of carbonyl (C=O) groups is 1. The maximum atomic E-state index is 12.5. The van der Waals surface area contributed by atoms with Gasteiger partial charge < -0.3 is 19.7 Å². The highest BCUT2D eigenvalue weighted by Gasteiger charge is 2.12. The summed E-state index contributed by atoms with van der Waals surface area (Å²) < 4.78 is 10.4. The van der Waals surface area contributed by atoms with Gasteiger partial charge in [0.25, 0.3) is 5.91 Å². The van der Waals surface area contributed by atoms with Crippen LogP contribution in [0.3, 0.4) is 0 Å². The first-order valence-corrected chi connectivity index (χ1v) is 9.06. The van der Waals surface area contributed by atoms with Crippen LogP contribution in [0, 0.1) is 0 Å². The summed E-state index contributed by atoms with van der Waals surface area (Å²) in [4.78, 5) is 27.1. The number of methoxy groups -OCH3 is 2. The highest BCUT2D eigenvalue weighted by atomic mass is 16.5. The van der Waals surface area contributed by atoms with Gasteiger partial charge in [-0.05, 0) is 36.2 Å². The quantitative estimate of drug-likeness (QED) is 0.629. The Morgan fingerprint density at radius 3 is 2.45 bits per heavy atom. The number of likely N-dealkylation sites (N-methyl/N-ethyl adjacent to an activating group) is 1. The van der Waals surface area contributed by atoms with Gasteiger partial charge in [0.05, 0.1) is 26.6 Å². The number of hydrogen-bond donors (Lipinski definition) is 1. The van der Waals surface area contributed by atoms with Crippen molar-refractivity contribution < 1.29 is 14.3 Å². The van der Waals surface area contributed by atoms with Crippen molar-refractivity contribution in [2.24, 2.45) is 0 Å². The molecule has 0 fully saturated rings. The normalized spacial score (nSPS) is 10.3. The highest BCUT2D eigenvalue weighted by molar-refractivity contribution is 6.02. The third-order valence-electron chi connectivity index (χ3n) is 4.39. The minimum Gasteiger partial charge on any atom is -0.493 e. The number of pyridine rings is 1. The van der Waals surface area contributed by atoms with Crippen molar-refractivity contribution in [2.75, 3.05) is 38.0 Å². The average molecular weight is 393 g/mol. The molecule has 3 aromatic rings. The molecule has 8 heteroatoms. The Morgan fingerprint density at radius 2 is 1.79 bits per heavy atom. The number of anilines is 2. The van der Waals surface area contributed by atoms with Gasteiger partial charge in [-0.25, -0.2) is 9.97 Å². The average Bonchev–Trinajstić information content (AvgIpc) is 2.78. The van der Waals surface area contributed by atoms with E-state index in [2.05, 4.69) is 20.3 Å². The molecule has 0 saturated heterocycles. The fourth-order valence-corrected chi connectivity index (χ4v) is 2.71. The molecular formula is C21H23N5O3. The molecule has 1 N–H and O–H groups in total. The Labute approximate surface area is 169 Å². The second kappa shape index (κ2) is 9.50. The Balaban J connectivity index is 1.61. The van der Waals surface area contributed by atoms with E-state index < -0.39 is 0 Å². The fraction of sp³-hybridized carbons (Fsp3) is 0.238. The summed E-state index contributed by atoms with van der Waals surface area (Å²) in [5.74, 6) is 1.46. The molecule has 3 rings (SSSR count). The van der Waals surface area contributed by atoms with Gasteiger partial charge in [0.2, 0.25) is 0 Å². The smallest absolute Gasteiger partial charge is 0.275 e. The summed E-state index contributed by atoms with van der Waals surface area (Å²) in [6, 6.07) is 9.11. The van der Waals surface area contributed by atoms with E-state index in [0.717, 1.165) is 13.0 Å². The maximum absolute atomic E-state index is 12.5. The summed E-state index contributed by atoms with van der Waals surface area (Å²) in [6.45, 7) is 0.774. The monoisotopic (exact) mass is 393 g/mol. The molecule has 1 amide bonds. The SMILES string of the molecule is COc1ccc(NC(=O)c2cnc(N(C)CCc3ccncc3)cn2)cc1OC. The van der Waals surface area contributed by atoms with Crippen molar-refractivity contribution >= 4 is 17.4 Å².